The molecule has 2 rings (SSSR count). The lowest BCUT2D eigenvalue weighted by atomic mass is 10.1. The van der Waals surface area contributed by atoms with Crippen LogP contribution in [0, 0.1) is 0 Å². The van der Waals surface area contributed by atoms with Gasteiger partial charge in [-0.25, -0.2) is 0 Å². The average molecular weight is 286 g/mol. The molecule has 2 aromatic carbocycles. The van der Waals surface area contributed by atoms with Gasteiger partial charge in [-0.2, -0.15) is 0 Å². The van der Waals surface area contributed by atoms with Crippen LogP contribution in [0.5, 0.6) is 5.75 Å². The molecule has 0 saturated heterocycles. The summed E-state index contributed by atoms with van der Waals surface area (Å²) in [6.07, 6.45) is 0. The van der Waals surface area contributed by atoms with Crippen molar-refractivity contribution in [2.45, 2.75) is 6.54 Å². The Morgan fingerprint density at radius 2 is 1.90 bits per heavy atom. The van der Waals surface area contributed by atoms with E-state index in [9.17, 15) is 0 Å². The summed E-state index contributed by atoms with van der Waals surface area (Å²) >= 11 is 5.12. The SMILES string of the molecule is COc1ccc(C(N)=S)c(N(C)Cc2ccccc2)c1. The predicted octanol–water partition coefficient (Wildman–Crippen LogP) is 2.97. The average Bonchev–Trinajstić information content (AvgIpc) is 2.47. The molecule has 0 saturated carbocycles. The van der Waals surface area contributed by atoms with E-state index in [1.807, 2.05) is 43.4 Å². The van der Waals surface area contributed by atoms with Crippen molar-refractivity contribution < 1.29 is 4.74 Å². The maximum atomic E-state index is 5.80. The van der Waals surface area contributed by atoms with Crippen LogP contribution in [0.15, 0.2) is 48.5 Å². The zero-order valence-electron chi connectivity index (χ0n) is 11.7. The maximum Gasteiger partial charge on any atom is 0.120 e. The number of hydrogen-bond donors (Lipinski definition) is 1. The third-order valence-electron chi connectivity index (χ3n) is 3.14. The second-order valence-electron chi connectivity index (χ2n) is 4.59. The first-order valence-electron chi connectivity index (χ1n) is 6.34. The van der Waals surface area contributed by atoms with Crippen LogP contribution in [0.4, 0.5) is 5.69 Å². The minimum absolute atomic E-state index is 0.391. The van der Waals surface area contributed by atoms with Crippen molar-refractivity contribution in [1.29, 1.82) is 0 Å². The van der Waals surface area contributed by atoms with Gasteiger partial charge in [-0.05, 0) is 17.7 Å². The van der Waals surface area contributed by atoms with Gasteiger partial charge in [0.05, 0.1) is 12.8 Å². The van der Waals surface area contributed by atoms with E-state index in [0.717, 1.165) is 23.5 Å². The Morgan fingerprint density at radius 1 is 1.20 bits per heavy atom. The number of anilines is 1. The number of thiocarbonyl (C=S) groups is 1. The van der Waals surface area contributed by atoms with Gasteiger partial charge in [0, 0.05) is 25.2 Å². The van der Waals surface area contributed by atoms with E-state index in [2.05, 4.69) is 17.0 Å². The number of benzene rings is 2. The molecule has 0 aromatic heterocycles. The highest BCUT2D eigenvalue weighted by atomic mass is 32.1. The van der Waals surface area contributed by atoms with Crippen LogP contribution in [0.2, 0.25) is 0 Å². The predicted molar refractivity (Wildman–Crippen MR) is 87.4 cm³/mol. The van der Waals surface area contributed by atoms with Gasteiger partial charge in [0.25, 0.3) is 0 Å². The van der Waals surface area contributed by atoms with Gasteiger partial charge in [0.1, 0.15) is 10.7 Å². The third-order valence-corrected chi connectivity index (χ3v) is 3.36. The van der Waals surface area contributed by atoms with Crippen LogP contribution < -0.4 is 15.4 Å². The standard InChI is InChI=1S/C16H18N2OS/c1-18(11-12-6-4-3-5-7-12)15-10-13(19-2)8-9-14(15)16(17)20/h3-10H,11H2,1-2H3,(H2,17,20). The van der Waals surface area contributed by atoms with Gasteiger partial charge < -0.3 is 15.4 Å². The second kappa shape index (κ2) is 6.39. The molecule has 0 spiro atoms. The molecule has 0 amide bonds. The van der Waals surface area contributed by atoms with Gasteiger partial charge >= 0.3 is 0 Å². The van der Waals surface area contributed by atoms with Crippen LogP contribution in [0.25, 0.3) is 0 Å². The molecule has 104 valence electrons. The fourth-order valence-electron chi connectivity index (χ4n) is 2.11. The summed E-state index contributed by atoms with van der Waals surface area (Å²) in [5.41, 5.74) is 8.86. The van der Waals surface area contributed by atoms with Crippen LogP contribution in [-0.2, 0) is 6.54 Å². The Balaban J connectivity index is 2.32. The molecule has 0 radical (unpaired) electrons. The Morgan fingerprint density at radius 3 is 2.50 bits per heavy atom. The molecule has 0 bridgehead atoms. The Bertz CT molecular complexity index is 599. The maximum absolute atomic E-state index is 5.80. The van der Waals surface area contributed by atoms with E-state index in [4.69, 9.17) is 22.7 Å². The van der Waals surface area contributed by atoms with Crippen molar-refractivity contribution in [3.05, 3.63) is 59.7 Å². The Kier molecular flexibility index (Phi) is 4.58. The van der Waals surface area contributed by atoms with E-state index < -0.39 is 0 Å². The van der Waals surface area contributed by atoms with E-state index in [1.165, 1.54) is 5.56 Å². The Hall–Kier alpha value is -2.07. The van der Waals surface area contributed by atoms with Gasteiger partial charge in [0.2, 0.25) is 0 Å². The van der Waals surface area contributed by atoms with Crippen LogP contribution >= 0.6 is 12.2 Å². The lowest BCUT2D eigenvalue weighted by Gasteiger charge is -2.23. The van der Waals surface area contributed by atoms with Crippen molar-refractivity contribution in [2.75, 3.05) is 19.1 Å². The van der Waals surface area contributed by atoms with Crippen molar-refractivity contribution in [3.63, 3.8) is 0 Å². The van der Waals surface area contributed by atoms with E-state index in [-0.39, 0.29) is 0 Å². The number of nitrogens with zero attached hydrogens (tertiary/aromatic N) is 1. The molecule has 0 unspecified atom stereocenters. The number of ether oxygens (including phenoxy) is 1. The lowest BCUT2D eigenvalue weighted by molar-refractivity contribution is 0.415. The zero-order chi connectivity index (χ0) is 14.5. The molecular weight excluding hydrogens is 268 g/mol. The summed E-state index contributed by atoms with van der Waals surface area (Å²) in [5.74, 6) is 0.792. The summed E-state index contributed by atoms with van der Waals surface area (Å²) in [4.78, 5) is 2.51. The van der Waals surface area contributed by atoms with Crippen molar-refractivity contribution in [2.24, 2.45) is 5.73 Å². The molecule has 4 heteroatoms. The normalized spacial score (nSPS) is 10.1. The van der Waals surface area contributed by atoms with Gasteiger partial charge in [-0.3, -0.25) is 0 Å². The first-order chi connectivity index (χ1) is 9.61. The van der Waals surface area contributed by atoms with E-state index in [1.54, 1.807) is 7.11 Å². The number of nitrogens with two attached hydrogens (primary N) is 1. The molecule has 0 aliphatic heterocycles. The van der Waals surface area contributed by atoms with Crippen LogP contribution in [-0.4, -0.2) is 19.1 Å². The van der Waals surface area contributed by atoms with Crippen molar-refractivity contribution in [1.82, 2.24) is 0 Å². The highest BCUT2D eigenvalue weighted by Crippen LogP contribution is 2.26. The van der Waals surface area contributed by atoms with E-state index >= 15 is 0 Å². The topological polar surface area (TPSA) is 38.5 Å². The summed E-state index contributed by atoms with van der Waals surface area (Å²) in [6, 6.07) is 16.0. The zero-order valence-corrected chi connectivity index (χ0v) is 12.5. The minimum Gasteiger partial charge on any atom is -0.497 e. The minimum atomic E-state index is 0.391. The highest BCUT2D eigenvalue weighted by Gasteiger charge is 2.11. The first-order valence-corrected chi connectivity index (χ1v) is 6.75. The first kappa shape index (κ1) is 14.3. The molecule has 3 nitrogen and oxygen atoms in total. The summed E-state index contributed by atoms with van der Waals surface area (Å²) in [6.45, 7) is 0.781. The summed E-state index contributed by atoms with van der Waals surface area (Å²) in [5, 5.41) is 0. The van der Waals surface area contributed by atoms with Crippen LogP contribution in [0.1, 0.15) is 11.1 Å². The van der Waals surface area contributed by atoms with Crippen molar-refractivity contribution >= 4 is 22.9 Å². The quantitative estimate of drug-likeness (QED) is 0.858. The fourth-order valence-corrected chi connectivity index (χ4v) is 2.28. The largest absolute Gasteiger partial charge is 0.497 e. The molecule has 0 aliphatic carbocycles. The van der Waals surface area contributed by atoms with Crippen LogP contribution in [0.3, 0.4) is 0 Å². The van der Waals surface area contributed by atoms with Gasteiger partial charge in [0.15, 0.2) is 0 Å². The molecule has 0 heterocycles. The number of hydrogen-bond acceptors (Lipinski definition) is 3. The van der Waals surface area contributed by atoms with Gasteiger partial charge in [-0.1, -0.05) is 42.5 Å². The fraction of sp³-hybridized carbons (Fsp3) is 0.188. The summed E-state index contributed by atoms with van der Waals surface area (Å²) < 4.78 is 5.28. The molecular formula is C16H18N2OS. The lowest BCUT2D eigenvalue weighted by Crippen LogP contribution is -2.21. The number of rotatable bonds is 5. The third kappa shape index (κ3) is 3.27. The van der Waals surface area contributed by atoms with Crippen molar-refractivity contribution in [3.8, 4) is 5.75 Å². The smallest absolute Gasteiger partial charge is 0.120 e. The molecule has 0 atom stereocenters. The molecule has 20 heavy (non-hydrogen) atoms. The molecule has 2 aromatic rings. The second-order valence-corrected chi connectivity index (χ2v) is 5.03. The van der Waals surface area contributed by atoms with E-state index in [0.29, 0.717) is 4.99 Å². The molecule has 0 fully saturated rings. The number of methoxy groups -OCH3 is 1. The molecule has 0 aliphatic rings. The van der Waals surface area contributed by atoms with Gasteiger partial charge in [-0.15, -0.1) is 0 Å². The monoisotopic (exact) mass is 286 g/mol. The summed E-state index contributed by atoms with van der Waals surface area (Å²) in [7, 11) is 3.67. The Labute approximate surface area is 125 Å². The molecule has 2 N–H and O–H groups in total. The highest BCUT2D eigenvalue weighted by molar-refractivity contribution is 7.80.